The van der Waals surface area contributed by atoms with E-state index in [0.717, 1.165) is 19.5 Å². The van der Waals surface area contributed by atoms with Crippen LogP contribution in [-0.4, -0.2) is 46.4 Å². The quantitative estimate of drug-likeness (QED) is 0.562. The predicted octanol–water partition coefficient (Wildman–Crippen LogP) is 4.18. The summed E-state index contributed by atoms with van der Waals surface area (Å²) in [6.07, 6.45) is 3.21. The van der Waals surface area contributed by atoms with E-state index in [1.807, 2.05) is 0 Å². The van der Waals surface area contributed by atoms with Crippen LogP contribution in [0.5, 0.6) is 11.6 Å². The Morgan fingerprint density at radius 1 is 1.23 bits per heavy atom. The molecule has 1 aliphatic heterocycles. The lowest BCUT2D eigenvalue weighted by Gasteiger charge is -2.15. The standard InChI is InChI=1S/C21H20ClF2N5O2/c22-17-15(30-10-21(24)6-7-21)3-1-13(18(17)23)28-20-19-14(26-11-27-20)2-4-16(29-19)31-12-5-8-25-9-12/h1-4,11-12,25H,5-10H2,(H,26,27,28)/t12-/m0/s1. The molecule has 10 heteroatoms. The molecule has 2 fully saturated rings. The van der Waals surface area contributed by atoms with Crippen LogP contribution in [0.1, 0.15) is 19.3 Å². The van der Waals surface area contributed by atoms with E-state index in [2.05, 4.69) is 25.6 Å². The maximum Gasteiger partial charge on any atom is 0.214 e. The Labute approximate surface area is 182 Å². The van der Waals surface area contributed by atoms with E-state index >= 15 is 0 Å². The molecule has 3 heterocycles. The van der Waals surface area contributed by atoms with Crippen LogP contribution in [0.3, 0.4) is 0 Å². The predicted molar refractivity (Wildman–Crippen MR) is 112 cm³/mol. The number of ether oxygens (including phenoxy) is 2. The molecule has 2 N–H and O–H groups in total. The molecule has 1 atom stereocenters. The van der Waals surface area contributed by atoms with Gasteiger partial charge in [0.2, 0.25) is 5.88 Å². The fourth-order valence-corrected chi connectivity index (χ4v) is 3.55. The maximum atomic E-state index is 14.9. The first-order chi connectivity index (χ1) is 15.0. The molecule has 1 aromatic carbocycles. The zero-order valence-corrected chi connectivity index (χ0v) is 17.3. The van der Waals surface area contributed by atoms with Gasteiger partial charge in [-0.15, -0.1) is 0 Å². The van der Waals surface area contributed by atoms with Crippen molar-refractivity contribution >= 4 is 34.1 Å². The van der Waals surface area contributed by atoms with Crippen LogP contribution < -0.4 is 20.1 Å². The fourth-order valence-electron chi connectivity index (χ4n) is 3.33. The van der Waals surface area contributed by atoms with E-state index in [9.17, 15) is 8.78 Å². The minimum Gasteiger partial charge on any atom is -0.489 e. The number of hydrogen-bond acceptors (Lipinski definition) is 7. The highest BCUT2D eigenvalue weighted by Crippen LogP contribution is 2.41. The molecular formula is C21H20ClF2N5O2. The molecule has 1 saturated carbocycles. The van der Waals surface area contributed by atoms with Crippen molar-refractivity contribution in [3.63, 3.8) is 0 Å². The first kappa shape index (κ1) is 20.1. The molecule has 162 valence electrons. The summed E-state index contributed by atoms with van der Waals surface area (Å²) < 4.78 is 39.9. The minimum absolute atomic E-state index is 0.0499. The fraction of sp³-hybridized carbons (Fsp3) is 0.381. The molecule has 1 aliphatic carbocycles. The summed E-state index contributed by atoms with van der Waals surface area (Å²) in [6.45, 7) is 1.52. The molecule has 7 nitrogen and oxygen atoms in total. The van der Waals surface area contributed by atoms with Gasteiger partial charge in [0, 0.05) is 12.6 Å². The monoisotopic (exact) mass is 447 g/mol. The van der Waals surface area contributed by atoms with E-state index in [4.69, 9.17) is 21.1 Å². The molecule has 2 aliphatic rings. The lowest BCUT2D eigenvalue weighted by atomic mass is 10.2. The van der Waals surface area contributed by atoms with Gasteiger partial charge in [0.1, 0.15) is 41.0 Å². The van der Waals surface area contributed by atoms with Crippen molar-refractivity contribution in [3.8, 4) is 11.6 Å². The third-order valence-electron chi connectivity index (χ3n) is 5.34. The Morgan fingerprint density at radius 3 is 2.87 bits per heavy atom. The number of hydrogen-bond donors (Lipinski definition) is 2. The average Bonchev–Trinajstić information content (AvgIpc) is 3.28. The highest BCUT2D eigenvalue weighted by Gasteiger charge is 2.44. The van der Waals surface area contributed by atoms with E-state index < -0.39 is 11.5 Å². The summed E-state index contributed by atoms with van der Waals surface area (Å²) in [5.74, 6) is 0.130. The summed E-state index contributed by atoms with van der Waals surface area (Å²) in [5.41, 5.74) is -0.211. The maximum absolute atomic E-state index is 14.9. The Bertz CT molecular complexity index is 1120. The van der Waals surface area contributed by atoms with Crippen LogP contribution in [0.15, 0.2) is 30.6 Å². The minimum atomic E-state index is -1.32. The van der Waals surface area contributed by atoms with Crippen LogP contribution in [0.2, 0.25) is 5.02 Å². The summed E-state index contributed by atoms with van der Waals surface area (Å²) in [6, 6.07) is 6.49. The second kappa shape index (κ2) is 8.05. The summed E-state index contributed by atoms with van der Waals surface area (Å²) in [7, 11) is 0. The van der Waals surface area contributed by atoms with Crippen molar-refractivity contribution in [2.45, 2.75) is 31.0 Å². The number of anilines is 2. The van der Waals surface area contributed by atoms with Crippen LogP contribution in [0.4, 0.5) is 20.3 Å². The Hall–Kier alpha value is -2.78. The second-order valence-corrected chi connectivity index (χ2v) is 8.15. The molecule has 0 bridgehead atoms. The third-order valence-corrected chi connectivity index (χ3v) is 5.69. The number of pyridine rings is 1. The highest BCUT2D eigenvalue weighted by molar-refractivity contribution is 6.32. The van der Waals surface area contributed by atoms with Gasteiger partial charge < -0.3 is 20.1 Å². The van der Waals surface area contributed by atoms with Gasteiger partial charge >= 0.3 is 0 Å². The first-order valence-corrected chi connectivity index (χ1v) is 10.4. The van der Waals surface area contributed by atoms with Crippen molar-refractivity contribution in [2.75, 3.05) is 25.0 Å². The normalized spacial score (nSPS) is 19.4. The number of aromatic nitrogens is 3. The third kappa shape index (κ3) is 4.33. The van der Waals surface area contributed by atoms with Gasteiger partial charge in [-0.2, -0.15) is 0 Å². The molecular weight excluding hydrogens is 428 g/mol. The van der Waals surface area contributed by atoms with Crippen molar-refractivity contribution in [3.05, 3.63) is 41.4 Å². The molecule has 0 unspecified atom stereocenters. The van der Waals surface area contributed by atoms with Crippen LogP contribution in [0, 0.1) is 5.82 Å². The Balaban J connectivity index is 1.39. The van der Waals surface area contributed by atoms with Crippen molar-refractivity contribution in [1.29, 1.82) is 0 Å². The largest absolute Gasteiger partial charge is 0.489 e. The van der Waals surface area contributed by atoms with Gasteiger partial charge in [-0.25, -0.2) is 23.7 Å². The van der Waals surface area contributed by atoms with Gasteiger partial charge in [0.25, 0.3) is 0 Å². The number of rotatable bonds is 7. The smallest absolute Gasteiger partial charge is 0.214 e. The van der Waals surface area contributed by atoms with E-state index in [1.165, 1.54) is 18.5 Å². The molecule has 3 aromatic rings. The Kier molecular flexibility index (Phi) is 5.23. The molecule has 2 aromatic heterocycles. The number of benzene rings is 1. The molecule has 0 spiro atoms. The number of alkyl halides is 1. The molecule has 5 rings (SSSR count). The summed E-state index contributed by atoms with van der Waals surface area (Å²) >= 11 is 6.12. The summed E-state index contributed by atoms with van der Waals surface area (Å²) in [5, 5.41) is 5.93. The molecule has 0 radical (unpaired) electrons. The second-order valence-electron chi connectivity index (χ2n) is 7.78. The zero-order valence-electron chi connectivity index (χ0n) is 16.5. The van der Waals surface area contributed by atoms with Gasteiger partial charge in [-0.1, -0.05) is 11.6 Å². The Morgan fingerprint density at radius 2 is 2.10 bits per heavy atom. The van der Waals surface area contributed by atoms with Crippen molar-refractivity contribution in [1.82, 2.24) is 20.3 Å². The topological polar surface area (TPSA) is 81.2 Å². The van der Waals surface area contributed by atoms with Gasteiger partial charge in [-0.05, 0) is 44.0 Å². The number of nitrogens with one attached hydrogen (secondary N) is 2. The number of fused-ring (bicyclic) bond motifs is 1. The zero-order chi connectivity index (χ0) is 21.4. The highest BCUT2D eigenvalue weighted by atomic mass is 35.5. The number of nitrogens with zero attached hydrogens (tertiary/aromatic N) is 3. The van der Waals surface area contributed by atoms with Crippen molar-refractivity contribution in [2.24, 2.45) is 0 Å². The van der Waals surface area contributed by atoms with E-state index in [0.29, 0.717) is 35.6 Å². The lowest BCUT2D eigenvalue weighted by molar-refractivity contribution is 0.177. The van der Waals surface area contributed by atoms with Gasteiger partial charge in [0.05, 0.1) is 11.2 Å². The molecule has 0 amide bonds. The summed E-state index contributed by atoms with van der Waals surface area (Å²) in [4.78, 5) is 12.9. The molecule has 1 saturated heterocycles. The van der Waals surface area contributed by atoms with Gasteiger partial charge in [0.15, 0.2) is 11.6 Å². The molecule has 31 heavy (non-hydrogen) atoms. The van der Waals surface area contributed by atoms with E-state index in [1.54, 1.807) is 12.1 Å². The number of halogens is 3. The van der Waals surface area contributed by atoms with Crippen LogP contribution in [0.25, 0.3) is 11.0 Å². The van der Waals surface area contributed by atoms with Crippen LogP contribution in [-0.2, 0) is 0 Å². The first-order valence-electron chi connectivity index (χ1n) is 10.1. The van der Waals surface area contributed by atoms with Crippen molar-refractivity contribution < 1.29 is 18.3 Å². The SMILES string of the molecule is Fc1c(Nc2ncnc3ccc(O[C@H]4CCNC4)nc23)ccc(OCC2(F)CC2)c1Cl. The van der Waals surface area contributed by atoms with Gasteiger partial charge in [-0.3, -0.25) is 0 Å². The van der Waals surface area contributed by atoms with Crippen LogP contribution >= 0.6 is 11.6 Å². The average molecular weight is 448 g/mol. The lowest BCUT2D eigenvalue weighted by Crippen LogP contribution is -2.20. The van der Waals surface area contributed by atoms with E-state index in [-0.39, 0.29) is 29.2 Å².